The predicted octanol–water partition coefficient (Wildman–Crippen LogP) is 7.11. The van der Waals surface area contributed by atoms with E-state index >= 15 is 0 Å². The van der Waals surface area contributed by atoms with Gasteiger partial charge in [0, 0.05) is 92.3 Å². The molecule has 2 aromatic heterocycles. The van der Waals surface area contributed by atoms with Crippen LogP contribution in [0, 0.1) is 19.3 Å². The largest absolute Gasteiger partial charge is 0.424 e. The van der Waals surface area contributed by atoms with Gasteiger partial charge in [-0.1, -0.05) is 6.42 Å². The molecular formula is C36H38Cl2N4O6. The molecule has 2 N–H and O–H groups in total. The first-order valence-electron chi connectivity index (χ1n) is 16.4. The Morgan fingerprint density at radius 2 is 1.29 bits per heavy atom. The molecule has 48 heavy (non-hydrogen) atoms. The van der Waals surface area contributed by atoms with E-state index in [2.05, 4.69) is 9.97 Å². The normalized spacial score (nSPS) is 19.4. The number of carbonyl (C=O) groups is 4. The molecule has 2 unspecified atom stereocenters. The molecule has 1 saturated carbocycles. The van der Waals surface area contributed by atoms with Crippen LogP contribution in [-0.4, -0.2) is 58.6 Å². The third kappa shape index (κ3) is 5.06. The highest BCUT2D eigenvalue weighted by Crippen LogP contribution is 2.53. The molecule has 4 aromatic rings. The quantitative estimate of drug-likeness (QED) is 0.115. The molecule has 7 rings (SSSR count). The van der Waals surface area contributed by atoms with E-state index in [0.29, 0.717) is 78.0 Å². The molecule has 0 radical (unpaired) electrons. The molecule has 2 aromatic carbocycles. The minimum absolute atomic E-state index is 0.0287. The first kappa shape index (κ1) is 32.5. The number of anilines is 2. The van der Waals surface area contributed by atoms with Gasteiger partial charge in [-0.25, -0.2) is 0 Å². The van der Waals surface area contributed by atoms with Crippen molar-refractivity contribution in [2.75, 3.05) is 34.6 Å². The smallest absolute Gasteiger partial charge is 0.308 e. The monoisotopic (exact) mass is 692 g/mol. The zero-order valence-corrected chi connectivity index (χ0v) is 28.9. The summed E-state index contributed by atoms with van der Waals surface area (Å²) in [4.78, 5) is 62.6. The van der Waals surface area contributed by atoms with Crippen molar-refractivity contribution in [2.24, 2.45) is 5.41 Å². The maximum Gasteiger partial charge on any atom is 0.308 e. The number of ether oxygens (including phenoxy) is 2. The molecule has 12 heteroatoms. The summed E-state index contributed by atoms with van der Waals surface area (Å²) in [7, 11) is 0. The second-order valence-electron chi connectivity index (χ2n) is 13.5. The number of hydrogen-bond donors (Lipinski definition) is 2. The van der Waals surface area contributed by atoms with E-state index in [4.69, 9.17) is 32.7 Å². The van der Waals surface area contributed by atoms with Crippen molar-refractivity contribution >= 4 is 80.1 Å². The first-order chi connectivity index (χ1) is 23.0. The number of aromatic nitrogens is 2. The Morgan fingerprint density at radius 1 is 0.812 bits per heavy atom. The van der Waals surface area contributed by atoms with Crippen molar-refractivity contribution in [3.8, 4) is 11.5 Å². The minimum Gasteiger partial charge on any atom is -0.424 e. The van der Waals surface area contributed by atoms with Gasteiger partial charge in [-0.15, -0.1) is 23.2 Å². The summed E-state index contributed by atoms with van der Waals surface area (Å²) in [5, 5.41) is 1.83. The van der Waals surface area contributed by atoms with Crippen LogP contribution >= 0.6 is 23.2 Å². The van der Waals surface area contributed by atoms with Gasteiger partial charge in [0.2, 0.25) is 11.8 Å². The maximum atomic E-state index is 14.6. The van der Waals surface area contributed by atoms with Gasteiger partial charge >= 0.3 is 11.9 Å². The fourth-order valence-electron chi connectivity index (χ4n) is 8.12. The number of hydrogen-bond acceptors (Lipinski definition) is 6. The second-order valence-corrected chi connectivity index (χ2v) is 14.1. The number of benzene rings is 2. The Hall–Kier alpha value is -4.02. The third-order valence-electron chi connectivity index (χ3n) is 10.5. The molecule has 2 atom stereocenters. The Kier molecular flexibility index (Phi) is 8.23. The van der Waals surface area contributed by atoms with Gasteiger partial charge in [0.15, 0.2) is 11.5 Å². The van der Waals surface area contributed by atoms with E-state index < -0.39 is 17.4 Å². The number of halogens is 2. The van der Waals surface area contributed by atoms with Crippen LogP contribution in [0.25, 0.3) is 21.8 Å². The molecule has 4 heterocycles. The number of aryl methyl sites for hydroxylation is 2. The number of H-pyrrole nitrogens is 2. The lowest BCUT2D eigenvalue weighted by molar-refractivity contribution is -0.134. The van der Waals surface area contributed by atoms with Crippen LogP contribution in [0.5, 0.6) is 11.5 Å². The first-order valence-corrected chi connectivity index (χ1v) is 17.4. The van der Waals surface area contributed by atoms with Crippen molar-refractivity contribution in [1.29, 1.82) is 0 Å². The lowest BCUT2D eigenvalue weighted by atomic mass is 9.65. The molecule has 2 aliphatic heterocycles. The number of nitrogens with one attached hydrogen (secondary N) is 2. The zero-order valence-electron chi connectivity index (χ0n) is 27.4. The number of rotatable bonds is 8. The van der Waals surface area contributed by atoms with Gasteiger partial charge < -0.3 is 29.2 Å². The van der Waals surface area contributed by atoms with Gasteiger partial charge in [-0.05, 0) is 55.4 Å². The number of aromatic amines is 2. The summed E-state index contributed by atoms with van der Waals surface area (Å²) in [6, 6.07) is 3.52. The van der Waals surface area contributed by atoms with E-state index in [0.717, 1.165) is 39.4 Å². The SMILES string of the molecule is CC(=O)Oc1cc2c(c3c(C)c[nH]c13)C(CCl)CN2C(=O)CCC1(C(=O)N2CC(CCl)c3c2cc(OC(C)=O)c2[nH]cc(C)c32)CCC1. The van der Waals surface area contributed by atoms with Crippen LogP contribution in [-0.2, 0) is 19.2 Å². The standard InChI is InChI=1S/C36H38Cl2N4O6/c1-18-14-39-33-26(47-20(3)43)10-24-31(29(18)33)22(12-37)16-41(24)28(45)6-9-36(7-5-8-36)35(46)42-17-23(13-38)32-25(42)11-27(48-21(4)44)34-30(32)19(2)15-40-34/h10-11,14-15,22-23,39-40H,5-9,12-13,16-17H2,1-4H3. The summed E-state index contributed by atoms with van der Waals surface area (Å²) in [5.41, 5.74) is 6.01. The van der Waals surface area contributed by atoms with Crippen molar-refractivity contribution in [2.45, 2.75) is 71.6 Å². The topological polar surface area (TPSA) is 125 Å². The van der Waals surface area contributed by atoms with Crippen molar-refractivity contribution < 1.29 is 28.7 Å². The van der Waals surface area contributed by atoms with Gasteiger partial charge in [0.1, 0.15) is 0 Å². The van der Waals surface area contributed by atoms with Crippen LogP contribution < -0.4 is 19.3 Å². The van der Waals surface area contributed by atoms with Crippen molar-refractivity contribution in [3.63, 3.8) is 0 Å². The Balaban J connectivity index is 1.19. The molecule has 0 saturated heterocycles. The Labute approximate surface area is 288 Å². The van der Waals surface area contributed by atoms with E-state index in [9.17, 15) is 19.2 Å². The summed E-state index contributed by atoms with van der Waals surface area (Å²) in [6.45, 7) is 7.48. The van der Waals surface area contributed by atoms with Crippen molar-refractivity contribution in [1.82, 2.24) is 9.97 Å². The molecule has 2 amide bonds. The number of alkyl halides is 2. The maximum absolute atomic E-state index is 14.6. The third-order valence-corrected chi connectivity index (χ3v) is 11.2. The Morgan fingerprint density at radius 3 is 1.73 bits per heavy atom. The highest BCUT2D eigenvalue weighted by atomic mass is 35.5. The van der Waals surface area contributed by atoms with E-state index in [-0.39, 0.29) is 30.1 Å². The average Bonchev–Trinajstić information content (AvgIpc) is 3.79. The number of fused-ring (bicyclic) bond motifs is 6. The highest BCUT2D eigenvalue weighted by Gasteiger charge is 2.49. The molecule has 252 valence electrons. The lowest BCUT2D eigenvalue weighted by Crippen LogP contribution is -2.48. The molecule has 0 spiro atoms. The molecule has 3 aliphatic rings. The van der Waals surface area contributed by atoms with Gasteiger partial charge in [-0.2, -0.15) is 0 Å². The molecular weight excluding hydrogens is 655 g/mol. The fraction of sp³-hybridized carbons (Fsp3) is 0.444. The number of amides is 2. The summed E-state index contributed by atoms with van der Waals surface area (Å²) < 4.78 is 11.2. The van der Waals surface area contributed by atoms with E-state index in [1.165, 1.54) is 13.8 Å². The summed E-state index contributed by atoms with van der Waals surface area (Å²) in [5.74, 6) is 0.162. The van der Waals surface area contributed by atoms with E-state index in [1.807, 2.05) is 26.2 Å². The summed E-state index contributed by atoms with van der Waals surface area (Å²) in [6.07, 6.45) is 6.55. The van der Waals surface area contributed by atoms with Crippen LogP contribution in [0.2, 0.25) is 0 Å². The second kappa shape index (κ2) is 12.1. The highest BCUT2D eigenvalue weighted by molar-refractivity contribution is 6.19. The van der Waals surface area contributed by atoms with Gasteiger partial charge in [0.25, 0.3) is 0 Å². The van der Waals surface area contributed by atoms with Gasteiger partial charge in [-0.3, -0.25) is 19.2 Å². The molecule has 1 fully saturated rings. The average molecular weight is 694 g/mol. The number of esters is 2. The minimum atomic E-state index is -0.698. The fourth-order valence-corrected chi connectivity index (χ4v) is 8.62. The van der Waals surface area contributed by atoms with Crippen LogP contribution in [0.1, 0.15) is 80.0 Å². The van der Waals surface area contributed by atoms with Crippen molar-refractivity contribution in [3.05, 3.63) is 46.8 Å². The van der Waals surface area contributed by atoms with Crippen LogP contribution in [0.15, 0.2) is 24.5 Å². The van der Waals surface area contributed by atoms with E-state index in [1.54, 1.807) is 21.9 Å². The summed E-state index contributed by atoms with van der Waals surface area (Å²) >= 11 is 13.0. The Bertz CT molecular complexity index is 2010. The lowest BCUT2D eigenvalue weighted by Gasteiger charge is -2.43. The number of nitrogens with zero attached hydrogens (tertiary/aromatic N) is 2. The predicted molar refractivity (Wildman–Crippen MR) is 186 cm³/mol. The van der Waals surface area contributed by atoms with Gasteiger partial charge in [0.05, 0.1) is 27.8 Å². The van der Waals surface area contributed by atoms with Crippen LogP contribution in [0.4, 0.5) is 11.4 Å². The molecule has 1 aliphatic carbocycles. The number of carbonyl (C=O) groups excluding carboxylic acids is 4. The molecule has 10 nitrogen and oxygen atoms in total. The van der Waals surface area contributed by atoms with Crippen LogP contribution in [0.3, 0.4) is 0 Å². The zero-order chi connectivity index (χ0) is 34.1. The molecule has 0 bridgehead atoms.